The second-order valence-electron chi connectivity index (χ2n) is 7.81. The lowest BCUT2D eigenvalue weighted by Gasteiger charge is -2.35. The highest BCUT2D eigenvalue weighted by Crippen LogP contribution is 2.22. The number of aromatic nitrogens is 1. The number of hydrogen-bond acceptors (Lipinski definition) is 5. The summed E-state index contributed by atoms with van der Waals surface area (Å²) in [7, 11) is 0. The van der Waals surface area contributed by atoms with Crippen LogP contribution >= 0.6 is 11.8 Å². The molecule has 0 bridgehead atoms. The number of nitrogens with one attached hydrogen (secondary N) is 1. The maximum Gasteiger partial charge on any atom is 0.238 e. The van der Waals surface area contributed by atoms with Crippen LogP contribution in [-0.4, -0.2) is 48.5 Å². The summed E-state index contributed by atoms with van der Waals surface area (Å²) >= 11 is 1.69. The molecule has 1 aliphatic heterocycles. The Morgan fingerprint density at radius 2 is 1.84 bits per heavy atom. The fourth-order valence-electron chi connectivity index (χ4n) is 3.72. The molecule has 6 heteroatoms. The third-order valence-electron chi connectivity index (χ3n) is 5.34. The molecule has 0 unspecified atom stereocenters. The minimum atomic E-state index is 0.0403. The Morgan fingerprint density at radius 1 is 1.00 bits per heavy atom. The zero-order valence-corrected chi connectivity index (χ0v) is 18.6. The third-order valence-corrected chi connectivity index (χ3v) is 6.36. The molecule has 1 aliphatic rings. The molecular formula is C25H28N4OS. The molecule has 1 aromatic heterocycles. The van der Waals surface area contributed by atoms with Crippen LogP contribution in [0.1, 0.15) is 11.1 Å². The molecule has 160 valence electrons. The molecule has 0 aliphatic carbocycles. The van der Waals surface area contributed by atoms with Crippen LogP contribution in [0.25, 0.3) is 0 Å². The Morgan fingerprint density at radius 3 is 2.61 bits per heavy atom. The van der Waals surface area contributed by atoms with E-state index in [0.29, 0.717) is 6.54 Å². The summed E-state index contributed by atoms with van der Waals surface area (Å²) in [5.41, 5.74) is 4.56. The molecular weight excluding hydrogens is 404 g/mol. The van der Waals surface area contributed by atoms with Crippen molar-refractivity contribution in [1.82, 2.24) is 9.88 Å². The molecule has 1 N–H and O–H groups in total. The monoisotopic (exact) mass is 432 g/mol. The van der Waals surface area contributed by atoms with Gasteiger partial charge in [-0.1, -0.05) is 30.3 Å². The zero-order valence-electron chi connectivity index (χ0n) is 17.8. The van der Waals surface area contributed by atoms with Crippen LogP contribution in [0.15, 0.2) is 78.0 Å². The number of aryl methyl sites for hydroxylation is 1. The first-order valence-electron chi connectivity index (χ1n) is 10.6. The summed E-state index contributed by atoms with van der Waals surface area (Å²) in [5.74, 6) is 0.861. The van der Waals surface area contributed by atoms with Crippen molar-refractivity contribution < 1.29 is 4.79 Å². The average molecular weight is 433 g/mol. The fraction of sp³-hybridized carbons (Fsp3) is 0.280. The first-order chi connectivity index (χ1) is 15.2. The number of carbonyl (C=O) groups excluding carboxylic acids is 1. The van der Waals surface area contributed by atoms with Gasteiger partial charge in [0.25, 0.3) is 0 Å². The average Bonchev–Trinajstić information content (AvgIpc) is 2.79. The lowest BCUT2D eigenvalue weighted by molar-refractivity contribution is -0.117. The van der Waals surface area contributed by atoms with Crippen molar-refractivity contribution in [1.29, 1.82) is 0 Å². The molecule has 0 saturated carbocycles. The van der Waals surface area contributed by atoms with E-state index in [1.54, 1.807) is 18.0 Å². The molecule has 1 saturated heterocycles. The van der Waals surface area contributed by atoms with Gasteiger partial charge in [-0.15, -0.1) is 11.8 Å². The molecule has 5 nitrogen and oxygen atoms in total. The van der Waals surface area contributed by atoms with Gasteiger partial charge in [0.2, 0.25) is 5.91 Å². The number of thioether (sulfide) groups is 1. The maximum atomic E-state index is 12.6. The number of anilines is 2. The molecule has 3 aromatic rings. The van der Waals surface area contributed by atoms with Gasteiger partial charge in [-0.25, -0.2) is 4.98 Å². The quantitative estimate of drug-likeness (QED) is 0.559. The van der Waals surface area contributed by atoms with Crippen molar-refractivity contribution in [3.05, 3.63) is 84.1 Å². The number of piperazine rings is 1. The number of hydrogen-bond donors (Lipinski definition) is 1. The van der Waals surface area contributed by atoms with Crippen LogP contribution in [0.4, 0.5) is 11.4 Å². The second kappa shape index (κ2) is 10.5. The first kappa shape index (κ1) is 21.4. The van der Waals surface area contributed by atoms with E-state index >= 15 is 0 Å². The van der Waals surface area contributed by atoms with E-state index in [0.717, 1.165) is 42.6 Å². The zero-order chi connectivity index (χ0) is 21.5. The van der Waals surface area contributed by atoms with Gasteiger partial charge in [0.1, 0.15) is 0 Å². The number of benzene rings is 2. The first-order valence-corrected chi connectivity index (χ1v) is 11.6. The number of amides is 1. The molecule has 4 rings (SSSR count). The van der Waals surface area contributed by atoms with Gasteiger partial charge in [0.05, 0.1) is 11.6 Å². The van der Waals surface area contributed by atoms with Crippen LogP contribution in [0, 0.1) is 6.92 Å². The molecule has 2 aromatic carbocycles. The van der Waals surface area contributed by atoms with E-state index in [-0.39, 0.29) is 5.91 Å². The Balaban J connectivity index is 1.24. The van der Waals surface area contributed by atoms with Gasteiger partial charge in [0.15, 0.2) is 0 Å². The highest BCUT2D eigenvalue weighted by atomic mass is 32.2. The van der Waals surface area contributed by atoms with E-state index in [2.05, 4.69) is 57.4 Å². The largest absolute Gasteiger partial charge is 0.369 e. The van der Waals surface area contributed by atoms with Crippen molar-refractivity contribution in [3.8, 4) is 0 Å². The normalized spacial score (nSPS) is 14.4. The van der Waals surface area contributed by atoms with Gasteiger partial charge in [-0.2, -0.15) is 0 Å². The topological polar surface area (TPSA) is 48.5 Å². The molecule has 1 fully saturated rings. The fourth-order valence-corrected chi connectivity index (χ4v) is 4.53. The summed E-state index contributed by atoms with van der Waals surface area (Å²) in [4.78, 5) is 21.5. The minimum Gasteiger partial charge on any atom is -0.369 e. The lowest BCUT2D eigenvalue weighted by atomic mass is 10.2. The van der Waals surface area contributed by atoms with Gasteiger partial charge in [0, 0.05) is 49.5 Å². The summed E-state index contributed by atoms with van der Waals surface area (Å²) in [6, 6.07) is 22.6. The molecule has 0 atom stereocenters. The highest BCUT2D eigenvalue weighted by Gasteiger charge is 2.19. The predicted molar refractivity (Wildman–Crippen MR) is 129 cm³/mol. The molecule has 31 heavy (non-hydrogen) atoms. The smallest absolute Gasteiger partial charge is 0.238 e. The van der Waals surface area contributed by atoms with Crippen molar-refractivity contribution in [2.24, 2.45) is 0 Å². The Hall–Kier alpha value is -2.83. The Kier molecular flexibility index (Phi) is 7.22. The van der Waals surface area contributed by atoms with Crippen molar-refractivity contribution >= 4 is 29.0 Å². The van der Waals surface area contributed by atoms with Crippen LogP contribution in [0.5, 0.6) is 0 Å². The third kappa shape index (κ3) is 6.32. The number of pyridine rings is 1. The number of rotatable bonds is 7. The van der Waals surface area contributed by atoms with E-state index < -0.39 is 0 Å². The number of nitrogens with zero attached hydrogens (tertiary/aromatic N) is 3. The van der Waals surface area contributed by atoms with Crippen molar-refractivity contribution in [2.75, 3.05) is 42.9 Å². The highest BCUT2D eigenvalue weighted by molar-refractivity contribution is 7.98. The van der Waals surface area contributed by atoms with Gasteiger partial charge >= 0.3 is 0 Å². The molecule has 1 amide bonds. The van der Waals surface area contributed by atoms with E-state index in [1.807, 2.05) is 36.4 Å². The molecule has 2 heterocycles. The van der Waals surface area contributed by atoms with Crippen molar-refractivity contribution in [2.45, 2.75) is 17.7 Å². The SMILES string of the molecule is Cc1cccc(N2CCN(CC(=O)Nc3cccc(CSc4ccccn4)c3)CC2)c1. The minimum absolute atomic E-state index is 0.0403. The van der Waals surface area contributed by atoms with Crippen molar-refractivity contribution in [3.63, 3.8) is 0 Å². The van der Waals surface area contributed by atoms with Crippen LogP contribution in [-0.2, 0) is 10.5 Å². The predicted octanol–water partition coefficient (Wildman–Crippen LogP) is 4.44. The van der Waals surface area contributed by atoms with Crippen LogP contribution < -0.4 is 10.2 Å². The summed E-state index contributed by atoms with van der Waals surface area (Å²) in [6.07, 6.45) is 1.81. The summed E-state index contributed by atoms with van der Waals surface area (Å²) < 4.78 is 0. The second-order valence-corrected chi connectivity index (χ2v) is 8.80. The summed E-state index contributed by atoms with van der Waals surface area (Å²) in [6.45, 7) is 6.21. The van der Waals surface area contributed by atoms with Crippen LogP contribution in [0.2, 0.25) is 0 Å². The number of carbonyl (C=O) groups is 1. The van der Waals surface area contributed by atoms with Crippen LogP contribution in [0.3, 0.4) is 0 Å². The Labute approximate surface area is 188 Å². The Bertz CT molecular complexity index is 1000. The van der Waals surface area contributed by atoms with Gasteiger partial charge < -0.3 is 10.2 Å². The molecule has 0 spiro atoms. The van der Waals surface area contributed by atoms with Gasteiger partial charge in [-0.3, -0.25) is 9.69 Å². The van der Waals surface area contributed by atoms with Gasteiger partial charge in [-0.05, 0) is 54.4 Å². The molecule has 0 radical (unpaired) electrons. The van der Waals surface area contributed by atoms with E-state index in [4.69, 9.17) is 0 Å². The van der Waals surface area contributed by atoms with E-state index in [1.165, 1.54) is 16.8 Å². The van der Waals surface area contributed by atoms with E-state index in [9.17, 15) is 4.79 Å². The lowest BCUT2D eigenvalue weighted by Crippen LogP contribution is -2.48. The maximum absolute atomic E-state index is 12.6. The standard InChI is InChI=1S/C25H28N4OS/c1-20-6-4-9-23(16-20)29-14-12-28(13-15-29)18-24(30)27-22-8-5-7-21(17-22)19-31-25-10-2-3-11-26-25/h2-11,16-17H,12-15,18-19H2,1H3,(H,27,30). The summed E-state index contributed by atoms with van der Waals surface area (Å²) in [5, 5.41) is 4.06.